The zero-order valence-electron chi connectivity index (χ0n) is 15.3. The number of carbonyl (C=O) groups is 1. The molecule has 1 aliphatic heterocycles. The van der Waals surface area contributed by atoms with Crippen LogP contribution >= 0.6 is 35.6 Å². The van der Waals surface area contributed by atoms with Crippen molar-refractivity contribution in [2.24, 2.45) is 4.99 Å². The van der Waals surface area contributed by atoms with Crippen molar-refractivity contribution in [1.82, 2.24) is 15.5 Å². The van der Waals surface area contributed by atoms with E-state index in [1.165, 1.54) is 0 Å². The minimum atomic E-state index is 0. The smallest absolute Gasteiger partial charge is 0.222 e. The second-order valence-electron chi connectivity index (χ2n) is 5.89. The van der Waals surface area contributed by atoms with Gasteiger partial charge in [-0.15, -0.1) is 24.0 Å². The van der Waals surface area contributed by atoms with Gasteiger partial charge in [0.05, 0.1) is 6.54 Å². The third kappa shape index (κ3) is 7.57. The largest absolute Gasteiger partial charge is 0.492 e. The normalized spacial score (nSPS) is 16.8. The molecule has 2 rings (SSSR count). The highest BCUT2D eigenvalue weighted by Crippen LogP contribution is 2.16. The summed E-state index contributed by atoms with van der Waals surface area (Å²) in [4.78, 5) is 18.2. The molecule has 1 aromatic rings. The number of guanidine groups is 1. The van der Waals surface area contributed by atoms with Crippen LogP contribution in [-0.2, 0) is 4.79 Å². The molecule has 0 aromatic heterocycles. The molecule has 1 heterocycles. The van der Waals surface area contributed by atoms with Crippen molar-refractivity contribution < 1.29 is 9.53 Å². The van der Waals surface area contributed by atoms with Crippen LogP contribution in [-0.4, -0.2) is 55.6 Å². The van der Waals surface area contributed by atoms with Gasteiger partial charge >= 0.3 is 0 Å². The van der Waals surface area contributed by atoms with Crippen molar-refractivity contribution in [2.45, 2.75) is 32.7 Å². The van der Waals surface area contributed by atoms with Crippen LogP contribution in [0.15, 0.2) is 29.3 Å². The highest BCUT2D eigenvalue weighted by molar-refractivity contribution is 14.0. The van der Waals surface area contributed by atoms with Gasteiger partial charge in [-0.25, -0.2) is 4.99 Å². The summed E-state index contributed by atoms with van der Waals surface area (Å²) in [5, 5.41) is 7.29. The van der Waals surface area contributed by atoms with Gasteiger partial charge in [0.25, 0.3) is 0 Å². The molecule has 2 N–H and O–H groups in total. The second-order valence-corrected chi connectivity index (χ2v) is 6.33. The van der Waals surface area contributed by atoms with Gasteiger partial charge in [0.1, 0.15) is 12.4 Å². The number of carbonyl (C=O) groups excluding carboxylic acids is 1. The number of ether oxygens (including phenoxy) is 1. The third-order valence-corrected chi connectivity index (χ3v) is 4.19. The first-order valence-corrected chi connectivity index (χ1v) is 9.21. The molecule has 1 unspecified atom stereocenters. The van der Waals surface area contributed by atoms with E-state index in [-0.39, 0.29) is 35.9 Å². The summed E-state index contributed by atoms with van der Waals surface area (Å²) >= 11 is 5.93. The van der Waals surface area contributed by atoms with E-state index in [0.29, 0.717) is 24.6 Å². The number of amides is 1. The van der Waals surface area contributed by atoms with Crippen LogP contribution in [0.1, 0.15) is 26.7 Å². The zero-order valence-corrected chi connectivity index (χ0v) is 18.4. The highest BCUT2D eigenvalue weighted by atomic mass is 127. The molecule has 0 saturated carbocycles. The number of hydrogen-bond donors (Lipinski definition) is 2. The standard InChI is InChI=1S/C18H27ClN4O2.HI/c1-3-17(24)23-10-8-15(13-23)22-18(20-4-2)21-9-11-25-16-7-5-6-14(19)12-16;/h5-7,12,15H,3-4,8-11,13H2,1-2H3,(H2,20,21,22);1H. The maximum absolute atomic E-state index is 11.8. The lowest BCUT2D eigenvalue weighted by molar-refractivity contribution is -0.129. The summed E-state index contributed by atoms with van der Waals surface area (Å²) < 4.78 is 5.65. The summed E-state index contributed by atoms with van der Waals surface area (Å²) in [6.45, 7) is 7.26. The maximum Gasteiger partial charge on any atom is 0.222 e. The van der Waals surface area contributed by atoms with E-state index in [1.807, 2.05) is 36.9 Å². The van der Waals surface area contributed by atoms with Crippen LogP contribution in [0.2, 0.25) is 5.02 Å². The van der Waals surface area contributed by atoms with Gasteiger partial charge in [-0.05, 0) is 31.5 Å². The Labute approximate surface area is 177 Å². The topological polar surface area (TPSA) is 66.0 Å². The van der Waals surface area contributed by atoms with E-state index in [0.717, 1.165) is 37.8 Å². The van der Waals surface area contributed by atoms with Gasteiger partial charge in [-0.1, -0.05) is 24.6 Å². The Hall–Kier alpha value is -1.22. The Bertz CT molecular complexity index is 600. The molecule has 1 atom stereocenters. The van der Waals surface area contributed by atoms with E-state index < -0.39 is 0 Å². The predicted molar refractivity (Wildman–Crippen MR) is 117 cm³/mol. The summed E-state index contributed by atoms with van der Waals surface area (Å²) in [7, 11) is 0. The first-order chi connectivity index (χ1) is 12.1. The number of rotatable bonds is 7. The lowest BCUT2D eigenvalue weighted by atomic mass is 10.3. The molecule has 0 radical (unpaired) electrons. The highest BCUT2D eigenvalue weighted by Gasteiger charge is 2.25. The molecule has 1 aromatic carbocycles. The van der Waals surface area contributed by atoms with Crippen molar-refractivity contribution in [3.05, 3.63) is 29.3 Å². The maximum atomic E-state index is 11.8. The van der Waals surface area contributed by atoms with E-state index in [4.69, 9.17) is 16.3 Å². The summed E-state index contributed by atoms with van der Waals surface area (Å²) in [5.74, 6) is 1.71. The molecular weight excluding hydrogens is 467 g/mol. The van der Waals surface area contributed by atoms with E-state index in [1.54, 1.807) is 6.07 Å². The van der Waals surface area contributed by atoms with Crippen molar-refractivity contribution in [2.75, 3.05) is 32.8 Å². The van der Waals surface area contributed by atoms with Crippen molar-refractivity contribution >= 4 is 47.4 Å². The minimum Gasteiger partial charge on any atom is -0.492 e. The Morgan fingerprint density at radius 3 is 2.92 bits per heavy atom. The third-order valence-electron chi connectivity index (χ3n) is 3.95. The predicted octanol–water partition coefficient (Wildman–Crippen LogP) is 2.90. The zero-order chi connectivity index (χ0) is 18.1. The van der Waals surface area contributed by atoms with E-state index in [9.17, 15) is 4.79 Å². The lowest BCUT2D eigenvalue weighted by Gasteiger charge is -2.18. The number of aliphatic imine (C=N–C) groups is 1. The Balaban J connectivity index is 0.00000338. The molecule has 146 valence electrons. The molecule has 1 aliphatic rings. The molecular formula is C18H28ClIN4O2. The molecule has 1 saturated heterocycles. The Kier molecular flexibility index (Phi) is 10.7. The monoisotopic (exact) mass is 494 g/mol. The number of benzene rings is 1. The van der Waals surface area contributed by atoms with Gasteiger partial charge < -0.3 is 20.3 Å². The SMILES string of the molecule is CCNC(=NCCOc1cccc(Cl)c1)NC1CCN(C(=O)CC)C1.I. The number of likely N-dealkylation sites (tertiary alicyclic amines) is 1. The first kappa shape index (κ1) is 22.8. The fourth-order valence-electron chi connectivity index (χ4n) is 2.72. The summed E-state index contributed by atoms with van der Waals surface area (Å²) in [6.07, 6.45) is 1.50. The van der Waals surface area contributed by atoms with Crippen LogP contribution in [0.4, 0.5) is 0 Å². The van der Waals surface area contributed by atoms with E-state index >= 15 is 0 Å². The number of nitrogens with zero attached hydrogens (tertiary/aromatic N) is 2. The number of halogens is 2. The summed E-state index contributed by atoms with van der Waals surface area (Å²) in [6, 6.07) is 7.56. The Morgan fingerprint density at radius 1 is 1.42 bits per heavy atom. The fourth-order valence-corrected chi connectivity index (χ4v) is 2.90. The van der Waals surface area contributed by atoms with Crippen molar-refractivity contribution in [1.29, 1.82) is 0 Å². The first-order valence-electron chi connectivity index (χ1n) is 8.83. The summed E-state index contributed by atoms with van der Waals surface area (Å²) in [5.41, 5.74) is 0. The van der Waals surface area contributed by atoms with Crippen LogP contribution < -0.4 is 15.4 Å². The van der Waals surface area contributed by atoms with Gasteiger partial charge in [0, 0.05) is 37.1 Å². The molecule has 8 heteroatoms. The quantitative estimate of drug-likeness (QED) is 0.265. The molecule has 0 bridgehead atoms. The van der Waals surface area contributed by atoms with Crippen LogP contribution in [0, 0.1) is 0 Å². The molecule has 0 spiro atoms. The van der Waals surface area contributed by atoms with E-state index in [2.05, 4.69) is 15.6 Å². The average Bonchev–Trinajstić information content (AvgIpc) is 3.07. The van der Waals surface area contributed by atoms with Crippen molar-refractivity contribution in [3.8, 4) is 5.75 Å². The fraction of sp³-hybridized carbons (Fsp3) is 0.556. The molecule has 6 nitrogen and oxygen atoms in total. The molecule has 1 amide bonds. The van der Waals surface area contributed by atoms with Crippen LogP contribution in [0.25, 0.3) is 0 Å². The Morgan fingerprint density at radius 2 is 2.23 bits per heavy atom. The van der Waals surface area contributed by atoms with Gasteiger partial charge in [0.15, 0.2) is 5.96 Å². The molecule has 26 heavy (non-hydrogen) atoms. The lowest BCUT2D eigenvalue weighted by Crippen LogP contribution is -2.45. The van der Waals surface area contributed by atoms with Crippen LogP contribution in [0.5, 0.6) is 5.75 Å². The van der Waals surface area contributed by atoms with Crippen LogP contribution in [0.3, 0.4) is 0 Å². The van der Waals surface area contributed by atoms with Gasteiger partial charge in [-0.2, -0.15) is 0 Å². The number of hydrogen-bond acceptors (Lipinski definition) is 3. The second kappa shape index (κ2) is 12.2. The average molecular weight is 495 g/mol. The molecule has 0 aliphatic carbocycles. The molecule has 1 fully saturated rings. The van der Waals surface area contributed by atoms with Crippen molar-refractivity contribution in [3.63, 3.8) is 0 Å². The van der Waals surface area contributed by atoms with Gasteiger partial charge in [0.2, 0.25) is 5.91 Å². The van der Waals surface area contributed by atoms with Gasteiger partial charge in [-0.3, -0.25) is 4.79 Å². The number of nitrogens with one attached hydrogen (secondary N) is 2. The minimum absolute atomic E-state index is 0.